The normalized spacial score (nSPS) is 11.6. The number of thiophene rings is 1. The number of alkyl halides is 3. The molecule has 176 valence electrons. The molecule has 4 aromatic rings. The number of nitrogens with one attached hydrogen (secondary N) is 1. The van der Waals surface area contributed by atoms with E-state index in [0.29, 0.717) is 11.3 Å². The van der Waals surface area contributed by atoms with Crippen molar-refractivity contribution < 1.29 is 32.1 Å². The quantitative estimate of drug-likeness (QED) is 0.292. The number of aryl methyl sites for hydroxylation is 1. The first-order valence-electron chi connectivity index (χ1n) is 9.40. The van der Waals surface area contributed by atoms with Crippen LogP contribution in [0, 0.1) is 10.1 Å². The molecule has 34 heavy (non-hydrogen) atoms. The Morgan fingerprint density at radius 2 is 2.09 bits per heavy atom. The summed E-state index contributed by atoms with van der Waals surface area (Å²) in [7, 11) is 0. The molecule has 0 unspecified atom stereocenters. The number of nitro groups is 1. The van der Waals surface area contributed by atoms with Gasteiger partial charge < -0.3 is 25.6 Å². The molecule has 0 fully saturated rings. The molecule has 4 aromatic heterocycles. The predicted molar refractivity (Wildman–Crippen MR) is 113 cm³/mol. The van der Waals surface area contributed by atoms with Crippen LogP contribution < -0.4 is 11.1 Å². The van der Waals surface area contributed by atoms with Crippen LogP contribution in [0.15, 0.2) is 41.1 Å². The number of furan rings is 1. The fourth-order valence-electron chi connectivity index (χ4n) is 3.15. The molecule has 0 aliphatic carbocycles. The van der Waals surface area contributed by atoms with Gasteiger partial charge in [-0.1, -0.05) is 0 Å². The van der Waals surface area contributed by atoms with Crippen LogP contribution in [0.2, 0.25) is 0 Å². The average Bonchev–Trinajstić information content (AvgIpc) is 3.51. The molecular weight excluding hydrogens is 481 g/mol. The predicted octanol–water partition coefficient (Wildman–Crippen LogP) is 3.81. The SMILES string of the molecule is NC(=O)c1sc2nc(C(F)(F)F)cc(-c3ccco3)c2c1NC(=O)CCn1ccc([N+](=O)[O-])n1. The summed E-state index contributed by atoms with van der Waals surface area (Å²) in [6, 6.07) is 4.82. The summed E-state index contributed by atoms with van der Waals surface area (Å²) in [5.41, 5.74) is 4.07. The van der Waals surface area contributed by atoms with E-state index in [9.17, 15) is 32.9 Å². The summed E-state index contributed by atoms with van der Waals surface area (Å²) in [5, 5.41) is 17.0. The second kappa shape index (κ2) is 8.58. The van der Waals surface area contributed by atoms with Crippen LogP contribution in [0.1, 0.15) is 21.8 Å². The third-order valence-corrected chi connectivity index (χ3v) is 5.71. The lowest BCUT2D eigenvalue weighted by molar-refractivity contribution is -0.389. The van der Waals surface area contributed by atoms with Gasteiger partial charge in [0.1, 0.15) is 21.2 Å². The van der Waals surface area contributed by atoms with Crippen molar-refractivity contribution >= 4 is 44.9 Å². The molecule has 0 aliphatic rings. The van der Waals surface area contributed by atoms with Gasteiger partial charge in [0.05, 0.1) is 35.9 Å². The van der Waals surface area contributed by atoms with E-state index in [4.69, 9.17) is 10.2 Å². The van der Waals surface area contributed by atoms with E-state index in [2.05, 4.69) is 15.4 Å². The Morgan fingerprint density at radius 3 is 2.68 bits per heavy atom. The van der Waals surface area contributed by atoms with Gasteiger partial charge in [-0.15, -0.1) is 11.3 Å². The van der Waals surface area contributed by atoms with E-state index < -0.39 is 34.4 Å². The number of fused-ring (bicyclic) bond motifs is 1. The van der Waals surface area contributed by atoms with E-state index in [-0.39, 0.29) is 45.1 Å². The Hall–Kier alpha value is -4.27. The van der Waals surface area contributed by atoms with Crippen molar-refractivity contribution in [1.29, 1.82) is 0 Å². The summed E-state index contributed by atoms with van der Waals surface area (Å²) in [6.07, 6.45) is -2.41. The highest BCUT2D eigenvalue weighted by Gasteiger charge is 2.35. The molecule has 4 heterocycles. The lowest BCUT2D eigenvalue weighted by Crippen LogP contribution is -2.18. The largest absolute Gasteiger partial charge is 0.464 e. The van der Waals surface area contributed by atoms with Crippen LogP contribution in [-0.2, 0) is 17.5 Å². The van der Waals surface area contributed by atoms with E-state index >= 15 is 0 Å². The van der Waals surface area contributed by atoms with Crippen LogP contribution in [0.25, 0.3) is 21.5 Å². The van der Waals surface area contributed by atoms with Gasteiger partial charge in [-0.3, -0.25) is 9.59 Å². The molecule has 0 bridgehead atoms. The third kappa shape index (κ3) is 4.45. The van der Waals surface area contributed by atoms with Gasteiger partial charge in [-0.05, 0) is 23.1 Å². The van der Waals surface area contributed by atoms with Crippen molar-refractivity contribution in [3.05, 3.63) is 57.4 Å². The van der Waals surface area contributed by atoms with Gasteiger partial charge in [0.25, 0.3) is 5.91 Å². The molecule has 2 amide bonds. The number of aromatic nitrogens is 3. The molecule has 0 saturated heterocycles. The van der Waals surface area contributed by atoms with E-state index in [1.54, 1.807) is 0 Å². The van der Waals surface area contributed by atoms with Crippen LogP contribution in [0.3, 0.4) is 0 Å². The molecular formula is C19H13F3N6O5S. The zero-order valence-electron chi connectivity index (χ0n) is 16.8. The second-order valence-corrected chi connectivity index (χ2v) is 7.87. The van der Waals surface area contributed by atoms with Gasteiger partial charge in [0.2, 0.25) is 5.91 Å². The molecule has 15 heteroatoms. The van der Waals surface area contributed by atoms with Crippen LogP contribution >= 0.6 is 11.3 Å². The minimum atomic E-state index is -4.78. The Morgan fingerprint density at radius 1 is 1.32 bits per heavy atom. The molecule has 0 spiro atoms. The maximum Gasteiger partial charge on any atom is 0.433 e. The fourth-order valence-corrected chi connectivity index (χ4v) is 4.16. The van der Waals surface area contributed by atoms with Gasteiger partial charge >= 0.3 is 12.0 Å². The number of pyridine rings is 1. The molecule has 11 nitrogen and oxygen atoms in total. The first kappa shape index (κ1) is 22.9. The number of carbonyl (C=O) groups is 2. The molecule has 0 radical (unpaired) electrons. The smallest absolute Gasteiger partial charge is 0.433 e. The van der Waals surface area contributed by atoms with Crippen molar-refractivity contribution in [2.45, 2.75) is 19.1 Å². The summed E-state index contributed by atoms with van der Waals surface area (Å²) in [5.74, 6) is -1.94. The number of hydrogen-bond donors (Lipinski definition) is 2. The molecule has 3 N–H and O–H groups in total. The van der Waals surface area contributed by atoms with Gasteiger partial charge in [0, 0.05) is 17.4 Å². The summed E-state index contributed by atoms with van der Waals surface area (Å²) in [6.45, 7) is -0.0326. The number of primary amides is 1. The number of amides is 2. The summed E-state index contributed by atoms with van der Waals surface area (Å²) in [4.78, 5) is 37.9. The monoisotopic (exact) mass is 494 g/mol. The maximum absolute atomic E-state index is 13.4. The highest BCUT2D eigenvalue weighted by Crippen LogP contribution is 2.43. The highest BCUT2D eigenvalue weighted by atomic mass is 32.1. The van der Waals surface area contributed by atoms with Crippen LogP contribution in [0.4, 0.5) is 24.7 Å². The van der Waals surface area contributed by atoms with Crippen molar-refractivity contribution in [3.63, 3.8) is 0 Å². The van der Waals surface area contributed by atoms with Crippen molar-refractivity contribution in [2.75, 3.05) is 5.32 Å². The number of nitrogens with two attached hydrogens (primary N) is 1. The first-order chi connectivity index (χ1) is 16.0. The minimum Gasteiger partial charge on any atom is -0.464 e. The molecule has 0 atom stereocenters. The summed E-state index contributed by atoms with van der Waals surface area (Å²) >= 11 is 0.602. The van der Waals surface area contributed by atoms with Gasteiger partial charge in [-0.25, -0.2) is 4.98 Å². The Balaban J connectivity index is 1.73. The highest BCUT2D eigenvalue weighted by molar-refractivity contribution is 7.21. The van der Waals surface area contributed by atoms with Crippen molar-refractivity contribution in [2.24, 2.45) is 5.73 Å². The number of anilines is 1. The lowest BCUT2D eigenvalue weighted by atomic mass is 10.1. The maximum atomic E-state index is 13.4. The molecule has 0 saturated carbocycles. The molecule has 4 rings (SSSR count). The number of carbonyl (C=O) groups excluding carboxylic acids is 2. The number of halogens is 3. The standard InChI is InChI=1S/C19H13F3N6O5S/c20-19(21,22)11-8-9(10-2-1-7-33-10)14-15(16(17(23)30)34-18(14)24-11)25-13(29)4-6-27-5-3-12(26-27)28(31)32/h1-3,5,7-8H,4,6H2,(H2,23,30)(H,25,29). The number of hydrogen-bond acceptors (Lipinski definition) is 8. The minimum absolute atomic E-state index is 0.0326. The Bertz CT molecular complexity index is 1410. The topological polar surface area (TPSA) is 159 Å². The fraction of sp³-hybridized carbons (Fsp3) is 0.158. The third-order valence-electron chi connectivity index (χ3n) is 4.61. The van der Waals surface area contributed by atoms with Crippen molar-refractivity contribution in [1.82, 2.24) is 14.8 Å². The molecule has 0 aliphatic heterocycles. The van der Waals surface area contributed by atoms with E-state index in [0.717, 1.165) is 12.1 Å². The summed E-state index contributed by atoms with van der Waals surface area (Å²) < 4.78 is 46.7. The Kier molecular flexibility index (Phi) is 5.78. The van der Waals surface area contributed by atoms with E-state index in [1.165, 1.54) is 29.3 Å². The van der Waals surface area contributed by atoms with Crippen LogP contribution in [0.5, 0.6) is 0 Å². The number of nitrogens with zero attached hydrogens (tertiary/aromatic N) is 4. The Labute approximate surface area is 191 Å². The zero-order valence-corrected chi connectivity index (χ0v) is 17.6. The van der Waals surface area contributed by atoms with Crippen molar-refractivity contribution in [3.8, 4) is 11.3 Å². The zero-order chi connectivity index (χ0) is 24.6. The second-order valence-electron chi connectivity index (χ2n) is 6.87. The van der Waals surface area contributed by atoms with Gasteiger partial charge in [0.15, 0.2) is 0 Å². The van der Waals surface area contributed by atoms with Crippen LogP contribution in [-0.4, -0.2) is 31.5 Å². The molecule has 0 aromatic carbocycles. The lowest BCUT2D eigenvalue weighted by Gasteiger charge is -2.11. The first-order valence-corrected chi connectivity index (χ1v) is 10.2. The number of rotatable bonds is 7. The average molecular weight is 494 g/mol. The van der Waals surface area contributed by atoms with Gasteiger partial charge in [-0.2, -0.15) is 17.9 Å². The van der Waals surface area contributed by atoms with E-state index in [1.807, 2.05) is 0 Å².